The first kappa shape index (κ1) is 48.4. The van der Waals surface area contributed by atoms with Crippen LogP contribution in [0.4, 0.5) is 0 Å². The van der Waals surface area contributed by atoms with Crippen LogP contribution >= 0.6 is 0 Å². The van der Waals surface area contributed by atoms with Crippen molar-refractivity contribution in [2.45, 2.75) is 205 Å². The largest absolute Gasteiger partial charge is 0.459 e. The van der Waals surface area contributed by atoms with Crippen LogP contribution in [-0.2, 0) is 38.0 Å². The van der Waals surface area contributed by atoms with E-state index >= 15 is 0 Å². The molecule has 14 nitrogen and oxygen atoms in total. The lowest BCUT2D eigenvalue weighted by molar-refractivity contribution is -0.323. The maximum absolute atomic E-state index is 14.3. The smallest absolute Gasteiger partial charge is 0.311 e. The number of ether oxygens (including phenoxy) is 7. The fraction of sp³-hybridized carbons (Fsp3) is 0.976. The van der Waals surface area contributed by atoms with Crippen molar-refractivity contribution in [3.8, 4) is 0 Å². The summed E-state index contributed by atoms with van der Waals surface area (Å²) in [6, 6.07) is -0.571. The van der Waals surface area contributed by atoms with Crippen LogP contribution in [0, 0.1) is 17.8 Å². The Hall–Kier alpha value is -1.01. The minimum absolute atomic E-state index is 0.0471. The number of esters is 1. The number of hydrogen-bond acceptors (Lipinski definition) is 14. The van der Waals surface area contributed by atoms with Crippen molar-refractivity contribution in [3.63, 3.8) is 0 Å². The van der Waals surface area contributed by atoms with E-state index in [1.165, 1.54) is 14.0 Å². The second-order valence-corrected chi connectivity index (χ2v) is 18.3. The molecule has 55 heavy (non-hydrogen) atoms. The molecule has 3 saturated heterocycles. The third-order valence-corrected chi connectivity index (χ3v) is 12.6. The van der Waals surface area contributed by atoms with Crippen LogP contribution in [-0.4, -0.2) is 167 Å². The normalized spacial score (nSPS) is 47.7. The number of cyclic esters (lactones) is 1. The van der Waals surface area contributed by atoms with Crippen molar-refractivity contribution in [2.24, 2.45) is 17.8 Å². The van der Waals surface area contributed by atoms with E-state index in [2.05, 4.69) is 4.90 Å². The number of carbonyl (C=O) groups excluding carboxylic acids is 1. The fourth-order valence-electron chi connectivity index (χ4n) is 9.18. The van der Waals surface area contributed by atoms with Crippen LogP contribution < -0.4 is 0 Å². The van der Waals surface area contributed by atoms with Crippen LogP contribution in [0.25, 0.3) is 0 Å². The summed E-state index contributed by atoms with van der Waals surface area (Å²) in [4.78, 5) is 18.4. The van der Waals surface area contributed by atoms with Crippen molar-refractivity contribution in [2.75, 3.05) is 34.8 Å². The molecular formula is C41H78N2O12. The molecule has 0 spiro atoms. The van der Waals surface area contributed by atoms with Gasteiger partial charge in [-0.2, -0.15) is 0 Å². The van der Waals surface area contributed by atoms with Crippen molar-refractivity contribution in [1.82, 2.24) is 9.80 Å². The molecule has 0 aromatic carbocycles. The van der Waals surface area contributed by atoms with Crippen molar-refractivity contribution >= 4 is 5.97 Å². The monoisotopic (exact) mass is 791 g/mol. The minimum atomic E-state index is -1.79. The van der Waals surface area contributed by atoms with Crippen LogP contribution in [0.15, 0.2) is 0 Å². The van der Waals surface area contributed by atoms with Crippen molar-refractivity contribution in [1.29, 1.82) is 0 Å². The second kappa shape index (κ2) is 19.4. The van der Waals surface area contributed by atoms with Gasteiger partial charge in [0.2, 0.25) is 0 Å². The Labute approximate surface area is 331 Å². The Morgan fingerprint density at radius 2 is 1.56 bits per heavy atom. The number of aliphatic hydroxyl groups excluding tert-OH is 2. The molecule has 4 N–H and O–H groups in total. The molecule has 3 aliphatic heterocycles. The van der Waals surface area contributed by atoms with E-state index in [4.69, 9.17) is 33.2 Å². The molecule has 0 bridgehead atoms. The Kier molecular flexibility index (Phi) is 17.0. The predicted molar refractivity (Wildman–Crippen MR) is 208 cm³/mol. The molecule has 3 aliphatic rings. The van der Waals surface area contributed by atoms with Crippen LogP contribution in [0.1, 0.15) is 109 Å². The molecule has 3 rings (SSSR count). The maximum atomic E-state index is 14.3. The molecule has 0 amide bonds. The highest BCUT2D eigenvalue weighted by Crippen LogP contribution is 2.40. The topological polar surface area (TPSA) is 169 Å². The summed E-state index contributed by atoms with van der Waals surface area (Å²) < 4.78 is 45.0. The Bertz CT molecular complexity index is 1210. The lowest BCUT2D eigenvalue weighted by Gasteiger charge is -2.49. The van der Waals surface area contributed by atoms with Crippen LogP contribution in [0.5, 0.6) is 0 Å². The predicted octanol–water partition coefficient (Wildman–Crippen LogP) is 3.33. The van der Waals surface area contributed by atoms with Gasteiger partial charge in [-0.05, 0) is 109 Å². The van der Waals surface area contributed by atoms with Crippen molar-refractivity contribution in [3.05, 3.63) is 0 Å². The zero-order valence-corrected chi connectivity index (χ0v) is 36.7. The lowest BCUT2D eigenvalue weighted by atomic mass is 9.77. The van der Waals surface area contributed by atoms with Gasteiger partial charge in [0.15, 0.2) is 12.6 Å². The summed E-state index contributed by atoms with van der Waals surface area (Å²) in [5.74, 6) is -2.46. The molecule has 0 saturated carbocycles. The number of nitrogens with zero attached hydrogens (tertiary/aromatic N) is 2. The highest BCUT2D eigenvalue weighted by atomic mass is 16.7. The van der Waals surface area contributed by atoms with E-state index in [1.54, 1.807) is 34.6 Å². The van der Waals surface area contributed by atoms with Gasteiger partial charge in [0.25, 0.3) is 0 Å². The molecule has 3 fully saturated rings. The number of aliphatic hydroxyl groups is 4. The van der Waals surface area contributed by atoms with Gasteiger partial charge < -0.3 is 63.4 Å². The van der Waals surface area contributed by atoms with E-state index in [0.29, 0.717) is 13.0 Å². The van der Waals surface area contributed by atoms with Gasteiger partial charge in [-0.1, -0.05) is 20.8 Å². The first-order chi connectivity index (χ1) is 25.3. The third kappa shape index (κ3) is 11.4. The number of hydrogen-bond donors (Lipinski definition) is 4. The summed E-state index contributed by atoms with van der Waals surface area (Å²) in [5, 5.41) is 47.1. The average molecular weight is 791 g/mol. The SMILES string of the molecule is CCC1OC(=O)C(C)C(OC2CC(C)(OC)C(O)C(C)O2)C(C)C(OC2OC(C)CC(N(C)C)C2OC(C)C)C(C)(O)CC(C)CN(C)C(C)C(O)C1(C)O. The van der Waals surface area contributed by atoms with Crippen molar-refractivity contribution < 1.29 is 58.4 Å². The summed E-state index contributed by atoms with van der Waals surface area (Å²) in [7, 11) is 7.40. The number of carbonyl (C=O) groups is 1. The molecule has 0 aromatic rings. The van der Waals surface area contributed by atoms with E-state index < -0.39 is 96.0 Å². The molecule has 0 radical (unpaired) electrons. The fourth-order valence-corrected chi connectivity index (χ4v) is 9.18. The van der Waals surface area contributed by atoms with E-state index in [1.807, 2.05) is 67.6 Å². The first-order valence-electron chi connectivity index (χ1n) is 20.5. The molecule has 0 aromatic heterocycles. The highest BCUT2D eigenvalue weighted by Gasteiger charge is 2.53. The summed E-state index contributed by atoms with van der Waals surface area (Å²) in [6.45, 7) is 22.4. The quantitative estimate of drug-likeness (QED) is 0.251. The Balaban J connectivity index is 2.22. The summed E-state index contributed by atoms with van der Waals surface area (Å²) >= 11 is 0. The maximum Gasteiger partial charge on any atom is 0.311 e. The molecular weight excluding hydrogens is 712 g/mol. The second-order valence-electron chi connectivity index (χ2n) is 18.3. The zero-order valence-electron chi connectivity index (χ0n) is 36.7. The van der Waals surface area contributed by atoms with E-state index in [0.717, 1.165) is 0 Å². The van der Waals surface area contributed by atoms with Gasteiger partial charge in [0.05, 0.1) is 47.6 Å². The first-order valence-corrected chi connectivity index (χ1v) is 20.5. The Morgan fingerprint density at radius 1 is 0.945 bits per heavy atom. The van der Waals surface area contributed by atoms with Crippen LogP contribution in [0.2, 0.25) is 0 Å². The van der Waals surface area contributed by atoms with E-state index in [9.17, 15) is 25.2 Å². The molecule has 324 valence electrons. The number of rotatable bonds is 9. The van der Waals surface area contributed by atoms with Gasteiger partial charge in [-0.3, -0.25) is 4.79 Å². The molecule has 18 unspecified atom stereocenters. The highest BCUT2D eigenvalue weighted by molar-refractivity contribution is 5.73. The van der Waals surface area contributed by atoms with E-state index in [-0.39, 0.29) is 43.4 Å². The molecule has 18 atom stereocenters. The minimum Gasteiger partial charge on any atom is -0.459 e. The molecule has 3 heterocycles. The standard InChI is InChI=1S/C41H78N2O12/c1-17-30-41(12,48)34(44)27(8)43(15)21-23(4)19-39(10,47)36(55-38-33(50-22(2)3)29(42(13)14)18-24(5)51-38)25(6)32(26(7)37(46)53-30)54-31-20-40(11,49-16)35(45)28(9)52-31/h22-36,38,44-45,47-48H,17-21H2,1-16H3. The Morgan fingerprint density at radius 3 is 2.11 bits per heavy atom. The molecule has 0 aliphatic carbocycles. The average Bonchev–Trinajstić information content (AvgIpc) is 3.08. The van der Waals surface area contributed by atoms with Gasteiger partial charge in [0, 0.05) is 38.1 Å². The van der Waals surface area contributed by atoms with Crippen LogP contribution in [0.3, 0.4) is 0 Å². The molecule has 14 heteroatoms. The number of likely N-dealkylation sites (N-methyl/N-ethyl adjacent to an activating group) is 2. The summed E-state index contributed by atoms with van der Waals surface area (Å²) in [5.41, 5.74) is -4.31. The zero-order chi connectivity index (χ0) is 42.0. The summed E-state index contributed by atoms with van der Waals surface area (Å²) in [6.07, 6.45) is -7.11. The van der Waals surface area contributed by atoms with Gasteiger partial charge in [-0.15, -0.1) is 0 Å². The van der Waals surface area contributed by atoms with Gasteiger partial charge in [-0.25, -0.2) is 0 Å². The van der Waals surface area contributed by atoms with Gasteiger partial charge >= 0.3 is 5.97 Å². The lowest BCUT2D eigenvalue weighted by Crippen LogP contribution is -2.61. The van der Waals surface area contributed by atoms with Gasteiger partial charge in [0.1, 0.15) is 30.0 Å². The third-order valence-electron chi connectivity index (χ3n) is 12.6. The number of methoxy groups -OCH3 is 1.